The predicted molar refractivity (Wildman–Crippen MR) is 65.4 cm³/mol. The van der Waals surface area contributed by atoms with Gasteiger partial charge in [0.25, 0.3) is 0 Å². The fourth-order valence-electron chi connectivity index (χ4n) is 2.69. The Kier molecular flexibility index (Phi) is 3.03. The molecule has 0 unspecified atom stereocenters. The summed E-state index contributed by atoms with van der Waals surface area (Å²) < 4.78 is 0. The van der Waals surface area contributed by atoms with Crippen LogP contribution < -0.4 is 5.73 Å². The molecule has 0 aliphatic heterocycles. The maximum Gasteiger partial charge on any atom is 0.0473 e. The van der Waals surface area contributed by atoms with Crippen molar-refractivity contribution < 1.29 is 0 Å². The molecule has 0 atom stereocenters. The van der Waals surface area contributed by atoms with Crippen molar-refractivity contribution in [1.82, 2.24) is 0 Å². The molecular formula is C13H18ClN. The molecule has 15 heavy (non-hydrogen) atoms. The summed E-state index contributed by atoms with van der Waals surface area (Å²) in [5.41, 5.74) is 8.55. The number of rotatable bonds is 2. The Hall–Kier alpha value is -0.530. The minimum Gasteiger partial charge on any atom is -0.330 e. The molecule has 0 aromatic heterocycles. The average molecular weight is 224 g/mol. The monoisotopic (exact) mass is 223 g/mol. The van der Waals surface area contributed by atoms with Crippen LogP contribution >= 0.6 is 11.6 Å². The lowest BCUT2D eigenvalue weighted by Gasteiger charge is -2.29. The molecule has 2 rings (SSSR count). The summed E-state index contributed by atoms with van der Waals surface area (Å²) in [7, 11) is 0. The van der Waals surface area contributed by atoms with Gasteiger partial charge in [-0.3, -0.25) is 0 Å². The molecular weight excluding hydrogens is 206 g/mol. The van der Waals surface area contributed by atoms with E-state index in [0.29, 0.717) is 0 Å². The number of aryl methyl sites for hydroxylation is 1. The second kappa shape index (κ2) is 4.15. The van der Waals surface area contributed by atoms with Crippen LogP contribution in [0.5, 0.6) is 0 Å². The quantitative estimate of drug-likeness (QED) is 0.817. The standard InChI is InChI=1S/C13H18ClN/c1-10-5-4-6-11(12(10)14)13(9-15)7-2-3-8-13/h4-6H,2-3,7-9,15H2,1H3. The maximum absolute atomic E-state index is 6.39. The van der Waals surface area contributed by atoms with Crippen LogP contribution in [0.1, 0.15) is 36.8 Å². The van der Waals surface area contributed by atoms with Crippen LogP contribution in [0.3, 0.4) is 0 Å². The smallest absolute Gasteiger partial charge is 0.0473 e. The molecule has 1 aromatic rings. The predicted octanol–water partition coefficient (Wildman–Crippen LogP) is 3.42. The SMILES string of the molecule is Cc1cccc(C2(CN)CCCC2)c1Cl. The van der Waals surface area contributed by atoms with E-state index in [9.17, 15) is 0 Å². The molecule has 0 saturated heterocycles. The van der Waals surface area contributed by atoms with Crippen LogP contribution in [0.15, 0.2) is 18.2 Å². The summed E-state index contributed by atoms with van der Waals surface area (Å²) >= 11 is 6.39. The molecule has 2 N–H and O–H groups in total. The summed E-state index contributed by atoms with van der Waals surface area (Å²) in [6, 6.07) is 6.30. The van der Waals surface area contributed by atoms with Crippen molar-refractivity contribution in [2.75, 3.05) is 6.54 Å². The van der Waals surface area contributed by atoms with E-state index in [2.05, 4.69) is 25.1 Å². The summed E-state index contributed by atoms with van der Waals surface area (Å²) in [5, 5.41) is 0.921. The van der Waals surface area contributed by atoms with E-state index in [0.717, 1.165) is 17.1 Å². The van der Waals surface area contributed by atoms with E-state index in [1.54, 1.807) is 0 Å². The van der Waals surface area contributed by atoms with Gasteiger partial charge in [-0.05, 0) is 30.9 Å². The Morgan fingerprint density at radius 1 is 1.33 bits per heavy atom. The van der Waals surface area contributed by atoms with Gasteiger partial charge in [0.2, 0.25) is 0 Å². The van der Waals surface area contributed by atoms with Crippen LogP contribution in [0.4, 0.5) is 0 Å². The van der Waals surface area contributed by atoms with Crippen molar-refractivity contribution in [2.24, 2.45) is 5.73 Å². The van der Waals surface area contributed by atoms with Crippen LogP contribution in [0.2, 0.25) is 5.02 Å². The van der Waals surface area contributed by atoms with Gasteiger partial charge in [0.1, 0.15) is 0 Å². The molecule has 0 heterocycles. The van der Waals surface area contributed by atoms with Gasteiger partial charge >= 0.3 is 0 Å². The van der Waals surface area contributed by atoms with Crippen molar-refractivity contribution in [3.8, 4) is 0 Å². The lowest BCUT2D eigenvalue weighted by atomic mass is 9.78. The minimum atomic E-state index is 0.156. The lowest BCUT2D eigenvalue weighted by Crippen LogP contribution is -2.32. The molecule has 1 aliphatic rings. The van der Waals surface area contributed by atoms with Crippen molar-refractivity contribution in [3.05, 3.63) is 34.3 Å². The van der Waals surface area contributed by atoms with E-state index in [-0.39, 0.29) is 5.41 Å². The molecule has 0 bridgehead atoms. The third-order valence-electron chi connectivity index (χ3n) is 3.71. The van der Waals surface area contributed by atoms with Gasteiger partial charge in [0.15, 0.2) is 0 Å². The highest BCUT2D eigenvalue weighted by Crippen LogP contribution is 2.43. The highest BCUT2D eigenvalue weighted by molar-refractivity contribution is 6.32. The van der Waals surface area contributed by atoms with E-state index < -0.39 is 0 Å². The Morgan fingerprint density at radius 3 is 2.60 bits per heavy atom. The molecule has 2 heteroatoms. The zero-order chi connectivity index (χ0) is 10.9. The average Bonchev–Trinajstić information content (AvgIpc) is 2.72. The fraction of sp³-hybridized carbons (Fsp3) is 0.538. The Bertz CT molecular complexity index is 354. The second-order valence-electron chi connectivity index (χ2n) is 4.63. The fourth-order valence-corrected chi connectivity index (χ4v) is 3.02. The number of hydrogen-bond acceptors (Lipinski definition) is 1. The summed E-state index contributed by atoms with van der Waals surface area (Å²) in [4.78, 5) is 0. The largest absolute Gasteiger partial charge is 0.330 e. The van der Waals surface area contributed by atoms with E-state index in [1.165, 1.54) is 31.2 Å². The highest BCUT2D eigenvalue weighted by Gasteiger charge is 2.35. The number of halogens is 1. The topological polar surface area (TPSA) is 26.0 Å². The van der Waals surface area contributed by atoms with E-state index >= 15 is 0 Å². The van der Waals surface area contributed by atoms with Gasteiger partial charge in [-0.25, -0.2) is 0 Å². The minimum absolute atomic E-state index is 0.156. The first-order chi connectivity index (χ1) is 7.19. The molecule has 0 spiro atoms. The molecule has 1 aliphatic carbocycles. The van der Waals surface area contributed by atoms with Gasteiger partial charge in [-0.1, -0.05) is 42.6 Å². The summed E-state index contributed by atoms with van der Waals surface area (Å²) in [6.45, 7) is 2.78. The molecule has 1 fully saturated rings. The molecule has 0 radical (unpaired) electrons. The lowest BCUT2D eigenvalue weighted by molar-refractivity contribution is 0.453. The molecule has 1 nitrogen and oxygen atoms in total. The van der Waals surface area contributed by atoms with Gasteiger partial charge in [0, 0.05) is 17.0 Å². The van der Waals surface area contributed by atoms with Gasteiger partial charge in [-0.15, -0.1) is 0 Å². The molecule has 1 aromatic carbocycles. The Labute approximate surface area is 96.6 Å². The summed E-state index contributed by atoms with van der Waals surface area (Å²) in [5.74, 6) is 0. The van der Waals surface area contributed by atoms with Crippen LogP contribution in [0, 0.1) is 6.92 Å². The van der Waals surface area contributed by atoms with Crippen LogP contribution in [-0.4, -0.2) is 6.54 Å². The zero-order valence-corrected chi connectivity index (χ0v) is 9.98. The molecule has 82 valence electrons. The van der Waals surface area contributed by atoms with E-state index in [1.807, 2.05) is 0 Å². The Morgan fingerprint density at radius 2 is 2.00 bits per heavy atom. The first kappa shape index (κ1) is 11.0. The van der Waals surface area contributed by atoms with Crippen molar-refractivity contribution in [2.45, 2.75) is 38.0 Å². The maximum atomic E-state index is 6.39. The van der Waals surface area contributed by atoms with Crippen molar-refractivity contribution >= 4 is 11.6 Å². The first-order valence-corrected chi connectivity index (χ1v) is 6.03. The van der Waals surface area contributed by atoms with Crippen molar-refractivity contribution in [1.29, 1.82) is 0 Å². The first-order valence-electron chi connectivity index (χ1n) is 5.65. The third kappa shape index (κ3) is 1.79. The molecule has 1 saturated carbocycles. The third-order valence-corrected chi connectivity index (χ3v) is 4.22. The molecule has 0 amide bonds. The van der Waals surface area contributed by atoms with Gasteiger partial charge < -0.3 is 5.73 Å². The van der Waals surface area contributed by atoms with Gasteiger partial charge in [-0.2, -0.15) is 0 Å². The van der Waals surface area contributed by atoms with E-state index in [4.69, 9.17) is 17.3 Å². The number of benzene rings is 1. The number of hydrogen-bond donors (Lipinski definition) is 1. The zero-order valence-electron chi connectivity index (χ0n) is 9.22. The summed E-state index contributed by atoms with van der Waals surface area (Å²) in [6.07, 6.45) is 4.93. The van der Waals surface area contributed by atoms with Crippen LogP contribution in [0.25, 0.3) is 0 Å². The van der Waals surface area contributed by atoms with Gasteiger partial charge in [0.05, 0.1) is 0 Å². The number of nitrogens with two attached hydrogens (primary N) is 1. The highest BCUT2D eigenvalue weighted by atomic mass is 35.5. The Balaban J connectivity index is 2.47. The van der Waals surface area contributed by atoms with Crippen LogP contribution in [-0.2, 0) is 5.41 Å². The normalized spacial score (nSPS) is 19.4. The van der Waals surface area contributed by atoms with Crippen molar-refractivity contribution in [3.63, 3.8) is 0 Å². The second-order valence-corrected chi connectivity index (χ2v) is 5.01.